The van der Waals surface area contributed by atoms with Gasteiger partial charge in [0.05, 0.1) is 26.0 Å². The number of phenols is 1. The molecule has 2 aromatic rings. The van der Waals surface area contributed by atoms with Crippen molar-refractivity contribution in [2.45, 2.75) is 141 Å². The van der Waals surface area contributed by atoms with Gasteiger partial charge in [0, 0.05) is 42.2 Å². The van der Waals surface area contributed by atoms with Gasteiger partial charge in [-0.1, -0.05) is 55.3 Å². The Hall–Kier alpha value is -8.20. The van der Waals surface area contributed by atoms with E-state index >= 15 is 0 Å². The van der Waals surface area contributed by atoms with Gasteiger partial charge >= 0.3 is 5.97 Å². The molecule has 2 saturated heterocycles. The number of carbonyl (C=O) groups is 11. The summed E-state index contributed by atoms with van der Waals surface area (Å²) >= 11 is 0. The number of amides is 10. The van der Waals surface area contributed by atoms with Crippen molar-refractivity contribution in [3.8, 4) is 11.5 Å². The summed E-state index contributed by atoms with van der Waals surface area (Å²) in [5.41, 5.74) is 8.71. The Bertz CT molecular complexity index is 2750. The van der Waals surface area contributed by atoms with E-state index in [2.05, 4.69) is 48.6 Å². The van der Waals surface area contributed by atoms with Gasteiger partial charge in [-0.2, -0.15) is 0 Å². The maximum absolute atomic E-state index is 14.8. The molecule has 2 aliphatic heterocycles. The Morgan fingerprint density at radius 1 is 0.711 bits per heavy atom. The number of primary amides is 1. The number of aromatic hydroxyl groups is 1. The number of nitrogens with zero attached hydrogens (tertiary/aromatic N) is 1. The van der Waals surface area contributed by atoms with Gasteiger partial charge in [-0.3, -0.25) is 56.9 Å². The number of hydrogen-bond donors (Lipinski definition) is 12. The summed E-state index contributed by atoms with van der Waals surface area (Å²) < 4.78 is 18.2. The van der Waals surface area contributed by atoms with E-state index in [1.807, 2.05) is 26.8 Å². The van der Waals surface area contributed by atoms with Crippen LogP contribution in [-0.2, 0) is 76.4 Å². The zero-order valence-corrected chi connectivity index (χ0v) is 48.3. The lowest BCUT2D eigenvalue weighted by Gasteiger charge is -2.31. The van der Waals surface area contributed by atoms with E-state index in [9.17, 15) is 72.3 Å². The molecule has 2 aliphatic rings. The SMILES string of the molecule is CC(C)=CCC/C(C)=C\COc1ccc(C[C@@H]2NC(=O)[C@H](CC(=O)O)NC(=O)[C@H](C(C)C)NC(=O)CNC(=O)[C@H](CO)NC(=O)[C@H](CCS(C)=O)NC(=O)[C@@H]3CCCN3C(=O)[C@H](CC(N)=O)NC(=O)[C@H](Cc3ccc(O)cc3)NC2=O)cc1. The van der Waals surface area contributed by atoms with Crippen LogP contribution < -0.4 is 53.0 Å². The van der Waals surface area contributed by atoms with Crippen LogP contribution in [0.4, 0.5) is 0 Å². The number of carbonyl (C=O) groups excluding carboxylic acids is 10. The number of aliphatic hydroxyl groups excluding tert-OH is 1. The van der Waals surface area contributed by atoms with Crippen LogP contribution in [0.25, 0.3) is 0 Å². The lowest BCUT2D eigenvalue weighted by Crippen LogP contribution is -2.61. The molecular formula is C56H78N10O16S. The smallest absolute Gasteiger partial charge is 0.305 e. The monoisotopic (exact) mass is 1180 g/mol. The van der Waals surface area contributed by atoms with Crippen LogP contribution in [-0.4, -0.2) is 176 Å². The maximum atomic E-state index is 14.8. The van der Waals surface area contributed by atoms with E-state index in [4.69, 9.17) is 10.5 Å². The van der Waals surface area contributed by atoms with Gasteiger partial charge in [0.15, 0.2) is 0 Å². The average Bonchev–Trinajstić information content (AvgIpc) is 3.99. The molecule has 13 N–H and O–H groups in total. The Labute approximate surface area is 483 Å². The van der Waals surface area contributed by atoms with Gasteiger partial charge in [-0.15, -0.1) is 0 Å². The first-order chi connectivity index (χ1) is 39.2. The van der Waals surface area contributed by atoms with E-state index in [0.717, 1.165) is 23.3 Å². The summed E-state index contributed by atoms with van der Waals surface area (Å²) in [6.07, 6.45) is 4.59. The first kappa shape index (κ1) is 67.3. The molecule has 83 heavy (non-hydrogen) atoms. The third kappa shape index (κ3) is 22.6. The highest BCUT2D eigenvalue weighted by Gasteiger charge is 2.41. The molecule has 1 unspecified atom stereocenters. The molecule has 0 aliphatic carbocycles. The Morgan fingerprint density at radius 3 is 1.81 bits per heavy atom. The third-order valence-corrected chi connectivity index (χ3v) is 14.3. The second-order valence-corrected chi connectivity index (χ2v) is 22.5. The quantitative estimate of drug-likeness (QED) is 0.0715. The molecule has 0 bridgehead atoms. The van der Waals surface area contributed by atoms with Crippen molar-refractivity contribution in [1.82, 2.24) is 47.4 Å². The lowest BCUT2D eigenvalue weighted by molar-refractivity contribution is -0.143. The van der Waals surface area contributed by atoms with Crippen molar-refractivity contribution >= 4 is 75.8 Å². The molecule has 27 heteroatoms. The van der Waals surface area contributed by atoms with Crippen molar-refractivity contribution in [3.05, 3.63) is 83.0 Å². The number of ether oxygens (including phenoxy) is 1. The predicted octanol–water partition coefficient (Wildman–Crippen LogP) is -1.47. The van der Waals surface area contributed by atoms with Gasteiger partial charge < -0.3 is 73.2 Å². The lowest BCUT2D eigenvalue weighted by atomic mass is 10.0. The van der Waals surface area contributed by atoms with Crippen LogP contribution in [0.1, 0.15) is 90.7 Å². The highest BCUT2D eigenvalue weighted by Crippen LogP contribution is 2.21. The van der Waals surface area contributed by atoms with Crippen molar-refractivity contribution in [2.24, 2.45) is 11.7 Å². The standard InChI is InChI=1S/C56H78N10O16S/c1-31(2)9-7-10-33(5)20-23-82-37-18-14-35(15-19-37)26-39-51(75)60-40(25-34-12-16-36(68)17-13-34)52(76)63-42(27-45(57)69)56(80)66-22-8-11-44(66)54(78)59-38(21-24-83(6)81)50(74)64-43(30-67)49(73)58-29-46(70)65-48(32(3)4)55(79)62-41(28-47(71)72)53(77)61-39/h9,12-20,32,38-44,48,67-68H,7-8,10-11,21-30H2,1-6H3,(H2,57,69)(H,58,73)(H,59,78)(H,60,75)(H,61,77)(H,62,79)(H,63,76)(H,64,74)(H,65,70)(H,71,72)/b33-20-/t38-,39-,40-,41-,42-,43-,44-,48-,83?/m0/s1. The number of carboxylic acids is 1. The molecule has 0 spiro atoms. The summed E-state index contributed by atoms with van der Waals surface area (Å²) in [7, 11) is -1.51. The third-order valence-electron chi connectivity index (χ3n) is 13.5. The summed E-state index contributed by atoms with van der Waals surface area (Å²) in [6.45, 7) is 7.37. The first-order valence-corrected chi connectivity index (χ1v) is 28.9. The Morgan fingerprint density at radius 2 is 1.25 bits per heavy atom. The number of hydrogen-bond acceptors (Lipinski definition) is 15. The van der Waals surface area contributed by atoms with E-state index < -0.39 is 156 Å². The number of fused-ring (bicyclic) bond motifs is 1. The van der Waals surface area contributed by atoms with E-state index in [1.54, 1.807) is 24.3 Å². The molecular weight excluding hydrogens is 1100 g/mol. The highest BCUT2D eigenvalue weighted by molar-refractivity contribution is 7.84. The molecule has 4 rings (SSSR count). The fourth-order valence-corrected chi connectivity index (χ4v) is 9.49. The Kier molecular flexibility index (Phi) is 26.8. The fraction of sp³-hybridized carbons (Fsp3) is 0.518. The first-order valence-electron chi connectivity index (χ1n) is 27.1. The Balaban J connectivity index is 1.82. The number of benzene rings is 2. The van der Waals surface area contributed by atoms with Gasteiger partial charge in [0.25, 0.3) is 0 Å². The summed E-state index contributed by atoms with van der Waals surface area (Å²) in [5, 5.41) is 49.7. The van der Waals surface area contributed by atoms with Crippen LogP contribution in [0.15, 0.2) is 71.8 Å². The number of nitrogens with one attached hydrogen (secondary N) is 8. The number of carboxylic acid groups (broad SMARTS) is 1. The van der Waals surface area contributed by atoms with Gasteiger partial charge in [-0.25, -0.2) is 0 Å². The molecule has 454 valence electrons. The minimum atomic E-state index is -1.91. The molecule has 9 atom stereocenters. The maximum Gasteiger partial charge on any atom is 0.305 e. The molecule has 2 fully saturated rings. The molecule has 0 radical (unpaired) electrons. The molecule has 2 heterocycles. The van der Waals surface area contributed by atoms with Crippen molar-refractivity contribution < 1.29 is 77.0 Å². The summed E-state index contributed by atoms with van der Waals surface area (Å²) in [5.74, 6) is -12.5. The second-order valence-electron chi connectivity index (χ2n) is 21.0. The minimum absolute atomic E-state index is 0.0231. The zero-order valence-electron chi connectivity index (χ0n) is 47.5. The summed E-state index contributed by atoms with van der Waals surface area (Å²) in [6, 6.07) is -1.10. The van der Waals surface area contributed by atoms with Crippen molar-refractivity contribution in [3.63, 3.8) is 0 Å². The van der Waals surface area contributed by atoms with Gasteiger partial charge in [0.1, 0.15) is 66.4 Å². The summed E-state index contributed by atoms with van der Waals surface area (Å²) in [4.78, 5) is 153. The number of rotatable bonds is 19. The van der Waals surface area contributed by atoms with Crippen molar-refractivity contribution in [2.75, 3.05) is 38.3 Å². The number of nitrogens with two attached hydrogens (primary N) is 1. The van der Waals surface area contributed by atoms with Crippen molar-refractivity contribution in [1.29, 1.82) is 0 Å². The van der Waals surface area contributed by atoms with E-state index in [0.29, 0.717) is 16.9 Å². The van der Waals surface area contributed by atoms with Crippen LogP contribution >= 0.6 is 0 Å². The molecule has 2 aromatic carbocycles. The topological polar surface area (TPSA) is 400 Å². The van der Waals surface area contributed by atoms with Gasteiger partial charge in [0.2, 0.25) is 59.1 Å². The molecule has 0 aromatic heterocycles. The van der Waals surface area contributed by atoms with Crippen LogP contribution in [0.5, 0.6) is 11.5 Å². The van der Waals surface area contributed by atoms with Crippen LogP contribution in [0.3, 0.4) is 0 Å². The fourth-order valence-electron chi connectivity index (χ4n) is 8.92. The normalized spacial score (nSPS) is 23.6. The highest BCUT2D eigenvalue weighted by atomic mass is 32.2. The van der Waals surface area contributed by atoms with Crippen LogP contribution in [0.2, 0.25) is 0 Å². The predicted molar refractivity (Wildman–Crippen MR) is 303 cm³/mol. The molecule has 26 nitrogen and oxygen atoms in total. The second kappa shape index (κ2) is 33.0. The largest absolute Gasteiger partial charge is 0.508 e. The van der Waals surface area contributed by atoms with E-state index in [1.165, 1.54) is 49.9 Å². The number of phenolic OH excluding ortho intramolecular Hbond substituents is 1. The minimum Gasteiger partial charge on any atom is -0.508 e. The molecule has 0 saturated carbocycles. The van der Waals surface area contributed by atoms with E-state index in [-0.39, 0.29) is 56.8 Å². The van der Waals surface area contributed by atoms with Gasteiger partial charge in [-0.05, 0) is 100 Å². The number of allylic oxidation sites excluding steroid dienone is 3. The number of aliphatic carboxylic acids is 1. The van der Waals surface area contributed by atoms with Crippen LogP contribution in [0, 0.1) is 5.92 Å². The molecule has 10 amide bonds. The average molecular weight is 1180 g/mol. The zero-order chi connectivity index (χ0) is 61.5. The number of aliphatic hydroxyl groups is 1.